The van der Waals surface area contributed by atoms with Crippen molar-refractivity contribution in [2.75, 3.05) is 13.2 Å². The maximum atomic E-state index is 12.1. The number of rotatable bonds is 7. The predicted octanol–water partition coefficient (Wildman–Crippen LogP) is 2.82. The largest absolute Gasteiger partial charge is 0.481 e. The summed E-state index contributed by atoms with van der Waals surface area (Å²) in [7, 11) is 0. The van der Waals surface area contributed by atoms with Gasteiger partial charge in [-0.2, -0.15) is 0 Å². The Morgan fingerprint density at radius 3 is 2.29 bits per heavy atom. The van der Waals surface area contributed by atoms with Crippen LogP contribution in [0.2, 0.25) is 0 Å². The Bertz CT molecular complexity index is 635. The number of hydrogen-bond donors (Lipinski definition) is 3. The molecule has 7 nitrogen and oxygen atoms in total. The third-order valence-corrected chi connectivity index (χ3v) is 5.54. The average molecular weight is 390 g/mol. The number of amides is 2. The molecule has 1 aliphatic carbocycles. The quantitative estimate of drug-likeness (QED) is 0.665. The van der Waals surface area contributed by atoms with Gasteiger partial charge in [-0.15, -0.1) is 0 Å². The van der Waals surface area contributed by atoms with Crippen molar-refractivity contribution in [2.24, 2.45) is 5.92 Å². The van der Waals surface area contributed by atoms with Gasteiger partial charge in [0.2, 0.25) is 0 Å². The first kappa shape index (κ1) is 20.6. The summed E-state index contributed by atoms with van der Waals surface area (Å²) in [5.74, 6) is -1.00. The van der Waals surface area contributed by atoms with Crippen LogP contribution < -0.4 is 10.6 Å². The molecule has 0 spiro atoms. The highest BCUT2D eigenvalue weighted by Gasteiger charge is 2.26. The Balaban J connectivity index is 1.34. The molecule has 2 aliphatic rings. The topological polar surface area (TPSA) is 96.9 Å². The van der Waals surface area contributed by atoms with Crippen molar-refractivity contribution in [3.05, 3.63) is 35.4 Å². The summed E-state index contributed by atoms with van der Waals surface area (Å²) < 4.78 is 11.2. The maximum Gasteiger partial charge on any atom is 0.315 e. The number of carbonyl (C=O) groups excluding carboxylic acids is 1. The number of urea groups is 1. The van der Waals surface area contributed by atoms with Crippen molar-refractivity contribution in [3.63, 3.8) is 0 Å². The summed E-state index contributed by atoms with van der Waals surface area (Å²) in [6.07, 6.45) is 4.86. The van der Waals surface area contributed by atoms with Crippen molar-refractivity contribution in [3.8, 4) is 0 Å². The molecule has 2 fully saturated rings. The van der Waals surface area contributed by atoms with E-state index in [1.54, 1.807) is 0 Å². The minimum Gasteiger partial charge on any atom is -0.481 e. The number of nitrogens with one attached hydrogen (secondary N) is 2. The van der Waals surface area contributed by atoms with Crippen molar-refractivity contribution in [2.45, 2.75) is 63.8 Å². The molecule has 28 heavy (non-hydrogen) atoms. The van der Waals surface area contributed by atoms with E-state index in [9.17, 15) is 9.59 Å². The lowest BCUT2D eigenvalue weighted by atomic mass is 9.86. The summed E-state index contributed by atoms with van der Waals surface area (Å²) >= 11 is 0. The first-order valence-corrected chi connectivity index (χ1v) is 10.1. The van der Waals surface area contributed by atoms with Gasteiger partial charge in [0.15, 0.2) is 0 Å². The molecule has 1 heterocycles. The molecule has 0 atom stereocenters. The lowest BCUT2D eigenvalue weighted by molar-refractivity contribution is -0.142. The van der Waals surface area contributed by atoms with Crippen LogP contribution in [-0.2, 0) is 27.4 Å². The van der Waals surface area contributed by atoms with E-state index in [2.05, 4.69) is 10.6 Å². The SMILES string of the molecule is O=C(NCc1ccc(COC2CCOCC2)cc1)NC1CCC(C(=O)O)CC1. The van der Waals surface area contributed by atoms with Crippen LogP contribution in [0.5, 0.6) is 0 Å². The second-order valence-electron chi connectivity index (χ2n) is 7.65. The van der Waals surface area contributed by atoms with E-state index in [0.29, 0.717) is 38.8 Å². The Morgan fingerprint density at radius 2 is 1.64 bits per heavy atom. The number of ether oxygens (including phenoxy) is 2. The molecule has 0 unspecified atom stereocenters. The minimum absolute atomic E-state index is 0.0558. The monoisotopic (exact) mass is 390 g/mol. The molecule has 154 valence electrons. The number of carboxylic acid groups (broad SMARTS) is 1. The zero-order valence-corrected chi connectivity index (χ0v) is 16.2. The highest BCUT2D eigenvalue weighted by molar-refractivity contribution is 5.74. The van der Waals surface area contributed by atoms with E-state index in [0.717, 1.165) is 37.2 Å². The first-order chi connectivity index (χ1) is 13.6. The van der Waals surface area contributed by atoms with Gasteiger partial charge in [-0.05, 0) is 49.7 Å². The van der Waals surface area contributed by atoms with Crippen LogP contribution in [0.4, 0.5) is 4.79 Å². The number of aliphatic carboxylic acids is 1. The average Bonchev–Trinajstić information content (AvgIpc) is 2.72. The van der Waals surface area contributed by atoms with Crippen LogP contribution in [0, 0.1) is 5.92 Å². The molecule has 3 rings (SSSR count). The van der Waals surface area contributed by atoms with Gasteiger partial charge in [0.1, 0.15) is 0 Å². The number of carboxylic acids is 1. The second kappa shape index (κ2) is 10.4. The van der Waals surface area contributed by atoms with Crippen molar-refractivity contribution in [1.82, 2.24) is 10.6 Å². The van der Waals surface area contributed by atoms with Crippen LogP contribution in [-0.4, -0.2) is 42.5 Å². The van der Waals surface area contributed by atoms with Crippen molar-refractivity contribution < 1.29 is 24.2 Å². The minimum atomic E-state index is -0.732. The van der Waals surface area contributed by atoms with Gasteiger partial charge in [0.25, 0.3) is 0 Å². The van der Waals surface area contributed by atoms with Gasteiger partial charge < -0.3 is 25.2 Å². The maximum absolute atomic E-state index is 12.1. The van der Waals surface area contributed by atoms with Crippen molar-refractivity contribution >= 4 is 12.0 Å². The highest BCUT2D eigenvalue weighted by atomic mass is 16.5. The Kier molecular flexibility index (Phi) is 7.68. The zero-order valence-electron chi connectivity index (χ0n) is 16.2. The Labute approximate surface area is 165 Å². The molecular weight excluding hydrogens is 360 g/mol. The predicted molar refractivity (Wildman–Crippen MR) is 104 cm³/mol. The molecule has 2 amide bonds. The molecule has 1 aliphatic heterocycles. The van der Waals surface area contributed by atoms with Crippen LogP contribution in [0.15, 0.2) is 24.3 Å². The molecule has 1 saturated carbocycles. The fourth-order valence-electron chi connectivity index (χ4n) is 3.71. The first-order valence-electron chi connectivity index (χ1n) is 10.1. The summed E-state index contributed by atoms with van der Waals surface area (Å²) in [4.78, 5) is 23.1. The van der Waals surface area contributed by atoms with E-state index in [1.165, 1.54) is 0 Å². The third-order valence-electron chi connectivity index (χ3n) is 5.54. The fourth-order valence-corrected chi connectivity index (χ4v) is 3.71. The molecule has 3 N–H and O–H groups in total. The normalized spacial score (nSPS) is 23.1. The Morgan fingerprint density at radius 1 is 1.00 bits per heavy atom. The van der Waals surface area contributed by atoms with Gasteiger partial charge in [0, 0.05) is 25.8 Å². The molecule has 0 aromatic heterocycles. The lowest BCUT2D eigenvalue weighted by Crippen LogP contribution is -2.43. The summed E-state index contributed by atoms with van der Waals surface area (Å²) in [6, 6.07) is 7.91. The Hall–Kier alpha value is -2.12. The van der Waals surface area contributed by atoms with E-state index >= 15 is 0 Å². The molecule has 1 aromatic rings. The van der Waals surface area contributed by atoms with Crippen molar-refractivity contribution in [1.29, 1.82) is 0 Å². The molecule has 7 heteroatoms. The lowest BCUT2D eigenvalue weighted by Gasteiger charge is -2.26. The van der Waals surface area contributed by atoms with E-state index in [4.69, 9.17) is 14.6 Å². The smallest absolute Gasteiger partial charge is 0.315 e. The van der Waals surface area contributed by atoms with E-state index in [-0.39, 0.29) is 24.1 Å². The molecule has 0 bridgehead atoms. The highest BCUT2D eigenvalue weighted by Crippen LogP contribution is 2.24. The number of carbonyl (C=O) groups is 2. The van der Waals surface area contributed by atoms with Gasteiger partial charge in [-0.1, -0.05) is 24.3 Å². The zero-order chi connectivity index (χ0) is 19.8. The van der Waals surface area contributed by atoms with Gasteiger partial charge >= 0.3 is 12.0 Å². The van der Waals surface area contributed by atoms with Gasteiger partial charge in [-0.25, -0.2) is 4.79 Å². The molecule has 0 radical (unpaired) electrons. The van der Waals surface area contributed by atoms with Crippen LogP contribution in [0.1, 0.15) is 49.7 Å². The van der Waals surface area contributed by atoms with E-state index < -0.39 is 5.97 Å². The summed E-state index contributed by atoms with van der Waals surface area (Å²) in [6.45, 7) is 2.60. The number of hydrogen-bond acceptors (Lipinski definition) is 4. The number of benzene rings is 1. The van der Waals surface area contributed by atoms with Crippen LogP contribution in [0.25, 0.3) is 0 Å². The van der Waals surface area contributed by atoms with Crippen LogP contribution in [0.3, 0.4) is 0 Å². The molecular formula is C21H30N2O5. The summed E-state index contributed by atoms with van der Waals surface area (Å²) in [5, 5.41) is 14.8. The molecule has 1 aromatic carbocycles. The molecule has 1 saturated heterocycles. The van der Waals surface area contributed by atoms with Gasteiger partial charge in [0.05, 0.1) is 18.6 Å². The van der Waals surface area contributed by atoms with Gasteiger partial charge in [-0.3, -0.25) is 4.79 Å². The van der Waals surface area contributed by atoms with Crippen LogP contribution >= 0.6 is 0 Å². The summed E-state index contributed by atoms with van der Waals surface area (Å²) in [5.41, 5.74) is 2.15. The standard InChI is InChI=1S/C21H30N2O5/c24-20(25)17-5-7-18(8-6-17)23-21(26)22-13-15-1-3-16(4-2-15)14-28-19-9-11-27-12-10-19/h1-4,17-19H,5-14H2,(H,24,25)(H2,22,23,26). The second-order valence-corrected chi connectivity index (χ2v) is 7.65. The fraction of sp³-hybridized carbons (Fsp3) is 0.619. The van der Waals surface area contributed by atoms with E-state index in [1.807, 2.05) is 24.3 Å². The third kappa shape index (κ3) is 6.49.